The van der Waals surface area contributed by atoms with Crippen LogP contribution in [-0.2, 0) is 13.0 Å². The highest BCUT2D eigenvalue weighted by Crippen LogP contribution is 2.20. The molecule has 3 N–H and O–H groups in total. The van der Waals surface area contributed by atoms with E-state index in [9.17, 15) is 4.79 Å². The highest BCUT2D eigenvalue weighted by molar-refractivity contribution is 5.95. The minimum atomic E-state index is -0.410. The first-order chi connectivity index (χ1) is 9.11. The maximum atomic E-state index is 11.3. The number of rotatable bonds is 5. The van der Waals surface area contributed by atoms with Crippen LogP contribution in [0.5, 0.6) is 0 Å². The average molecular weight is 258 g/mol. The maximum Gasteiger partial charge on any atom is 0.249 e. The summed E-state index contributed by atoms with van der Waals surface area (Å²) < 4.78 is 5.62. The molecular weight excluding hydrogens is 240 g/mol. The summed E-state index contributed by atoms with van der Waals surface area (Å²) in [5.74, 6) is 1.44. The third-order valence-corrected chi connectivity index (χ3v) is 3.12. The minimum absolute atomic E-state index is 0.410. The lowest BCUT2D eigenvalue weighted by Gasteiger charge is -2.10. The molecular formula is C15H18N2O2. The number of carbonyl (C=O) groups is 1. The van der Waals surface area contributed by atoms with E-state index >= 15 is 0 Å². The summed E-state index contributed by atoms with van der Waals surface area (Å²) in [5, 5.41) is 3.26. The molecule has 0 aliphatic carbocycles. The minimum Gasteiger partial charge on any atom is -0.464 e. The van der Waals surface area contributed by atoms with E-state index in [2.05, 4.69) is 12.2 Å². The largest absolute Gasteiger partial charge is 0.464 e. The fourth-order valence-corrected chi connectivity index (χ4v) is 1.98. The zero-order chi connectivity index (χ0) is 13.8. The van der Waals surface area contributed by atoms with Gasteiger partial charge in [0.15, 0.2) is 0 Å². The van der Waals surface area contributed by atoms with Crippen molar-refractivity contribution in [1.29, 1.82) is 0 Å². The Labute approximate surface area is 112 Å². The van der Waals surface area contributed by atoms with E-state index < -0.39 is 5.91 Å². The van der Waals surface area contributed by atoms with Crippen LogP contribution < -0.4 is 11.1 Å². The predicted molar refractivity (Wildman–Crippen MR) is 75.1 cm³/mol. The fraction of sp³-hybridized carbons (Fsp3) is 0.267. The summed E-state index contributed by atoms with van der Waals surface area (Å²) in [4.78, 5) is 11.3. The third-order valence-electron chi connectivity index (χ3n) is 3.12. The molecule has 100 valence electrons. The van der Waals surface area contributed by atoms with Crippen molar-refractivity contribution in [2.24, 2.45) is 5.73 Å². The van der Waals surface area contributed by atoms with Gasteiger partial charge in [-0.2, -0.15) is 0 Å². The molecule has 0 saturated heterocycles. The molecule has 0 fully saturated rings. The van der Waals surface area contributed by atoms with Crippen molar-refractivity contribution in [1.82, 2.24) is 0 Å². The van der Waals surface area contributed by atoms with Crippen molar-refractivity contribution < 1.29 is 9.21 Å². The van der Waals surface area contributed by atoms with Crippen LogP contribution in [0.3, 0.4) is 0 Å². The summed E-state index contributed by atoms with van der Waals surface area (Å²) >= 11 is 0. The van der Waals surface area contributed by atoms with Crippen LogP contribution in [0, 0.1) is 6.92 Å². The molecule has 4 nitrogen and oxygen atoms in total. The van der Waals surface area contributed by atoms with Gasteiger partial charge in [-0.25, -0.2) is 0 Å². The quantitative estimate of drug-likeness (QED) is 0.866. The summed E-state index contributed by atoms with van der Waals surface area (Å²) in [6.45, 7) is 4.52. The molecule has 2 aromatic rings. The number of furan rings is 1. The van der Waals surface area contributed by atoms with Gasteiger partial charge < -0.3 is 15.5 Å². The van der Waals surface area contributed by atoms with E-state index in [0.717, 1.165) is 29.2 Å². The molecule has 0 bridgehead atoms. The van der Waals surface area contributed by atoms with Gasteiger partial charge in [0.25, 0.3) is 0 Å². The fourth-order valence-electron chi connectivity index (χ4n) is 1.98. The smallest absolute Gasteiger partial charge is 0.249 e. The first-order valence-corrected chi connectivity index (χ1v) is 6.32. The second kappa shape index (κ2) is 5.61. The van der Waals surface area contributed by atoms with Crippen LogP contribution in [0.15, 0.2) is 34.7 Å². The van der Waals surface area contributed by atoms with Gasteiger partial charge >= 0.3 is 0 Å². The van der Waals surface area contributed by atoms with Gasteiger partial charge in [-0.3, -0.25) is 4.79 Å². The first-order valence-electron chi connectivity index (χ1n) is 6.32. The molecule has 0 spiro atoms. The molecule has 1 aromatic carbocycles. The number of benzene rings is 1. The monoisotopic (exact) mass is 258 g/mol. The second-order valence-corrected chi connectivity index (χ2v) is 4.42. The Balaban J connectivity index is 2.11. The number of aryl methyl sites for hydroxylation is 1. The number of amides is 1. The third kappa shape index (κ3) is 2.96. The first kappa shape index (κ1) is 13.2. The molecule has 0 aliphatic rings. The van der Waals surface area contributed by atoms with E-state index in [4.69, 9.17) is 10.2 Å². The molecule has 0 unspecified atom stereocenters. The number of hydrogen-bond acceptors (Lipinski definition) is 3. The van der Waals surface area contributed by atoms with Gasteiger partial charge in [0.1, 0.15) is 11.5 Å². The zero-order valence-corrected chi connectivity index (χ0v) is 11.2. The Morgan fingerprint density at radius 3 is 2.63 bits per heavy atom. The maximum absolute atomic E-state index is 11.3. The summed E-state index contributed by atoms with van der Waals surface area (Å²) in [7, 11) is 0. The van der Waals surface area contributed by atoms with Crippen LogP contribution in [-0.4, -0.2) is 5.91 Å². The molecule has 1 heterocycles. The molecule has 1 aromatic heterocycles. The van der Waals surface area contributed by atoms with Crippen LogP contribution in [0.4, 0.5) is 5.69 Å². The topological polar surface area (TPSA) is 68.3 Å². The Bertz CT molecular complexity index is 588. The number of nitrogens with one attached hydrogen (secondary N) is 1. The van der Waals surface area contributed by atoms with Gasteiger partial charge in [-0.1, -0.05) is 13.0 Å². The number of hydrogen-bond donors (Lipinski definition) is 2. The van der Waals surface area contributed by atoms with Gasteiger partial charge in [0.2, 0.25) is 5.91 Å². The lowest BCUT2D eigenvalue weighted by atomic mass is 10.1. The molecule has 0 saturated carbocycles. The van der Waals surface area contributed by atoms with E-state index in [1.807, 2.05) is 31.2 Å². The molecule has 2 rings (SSSR count). The summed E-state index contributed by atoms with van der Waals surface area (Å²) in [6, 6.07) is 9.40. The molecule has 4 heteroatoms. The standard InChI is InChI=1S/C15H18N2O2/c1-3-11-7-8-12(19-11)9-17-14-6-4-5-13(10(14)2)15(16)18/h4-8,17H,3,9H2,1-2H3,(H2,16,18). The van der Waals surface area contributed by atoms with E-state index in [0.29, 0.717) is 12.1 Å². The molecule has 1 amide bonds. The Morgan fingerprint density at radius 2 is 2.00 bits per heavy atom. The van der Waals surface area contributed by atoms with E-state index in [1.165, 1.54) is 0 Å². The van der Waals surface area contributed by atoms with Crippen LogP contribution in [0.2, 0.25) is 0 Å². The van der Waals surface area contributed by atoms with Gasteiger partial charge in [-0.15, -0.1) is 0 Å². The second-order valence-electron chi connectivity index (χ2n) is 4.42. The van der Waals surface area contributed by atoms with Gasteiger partial charge in [0, 0.05) is 17.7 Å². The molecule has 19 heavy (non-hydrogen) atoms. The predicted octanol–water partition coefficient (Wildman–Crippen LogP) is 2.86. The van der Waals surface area contributed by atoms with Crippen molar-refractivity contribution in [2.75, 3.05) is 5.32 Å². The molecule has 0 atom stereocenters. The van der Waals surface area contributed by atoms with E-state index in [1.54, 1.807) is 6.07 Å². The lowest BCUT2D eigenvalue weighted by molar-refractivity contribution is 0.1000. The number of nitrogens with two attached hydrogens (primary N) is 1. The Morgan fingerprint density at radius 1 is 1.26 bits per heavy atom. The number of carbonyl (C=O) groups excluding carboxylic acids is 1. The van der Waals surface area contributed by atoms with Crippen molar-refractivity contribution in [3.8, 4) is 0 Å². The van der Waals surface area contributed by atoms with Crippen LogP contribution in [0.1, 0.15) is 34.4 Å². The van der Waals surface area contributed by atoms with E-state index in [-0.39, 0.29) is 0 Å². The zero-order valence-electron chi connectivity index (χ0n) is 11.2. The van der Waals surface area contributed by atoms with Crippen molar-refractivity contribution in [3.05, 3.63) is 53.0 Å². The highest BCUT2D eigenvalue weighted by atomic mass is 16.3. The normalized spacial score (nSPS) is 10.4. The average Bonchev–Trinajstić information content (AvgIpc) is 2.85. The Kier molecular flexibility index (Phi) is 3.90. The van der Waals surface area contributed by atoms with Crippen molar-refractivity contribution in [3.63, 3.8) is 0 Å². The SMILES string of the molecule is CCc1ccc(CNc2cccc(C(N)=O)c2C)o1. The van der Waals surface area contributed by atoms with Crippen LogP contribution in [0.25, 0.3) is 0 Å². The van der Waals surface area contributed by atoms with Crippen molar-refractivity contribution in [2.45, 2.75) is 26.8 Å². The van der Waals surface area contributed by atoms with Gasteiger partial charge in [-0.05, 0) is 36.8 Å². The summed E-state index contributed by atoms with van der Waals surface area (Å²) in [5.41, 5.74) is 7.62. The molecule has 0 aliphatic heterocycles. The molecule has 0 radical (unpaired) electrons. The van der Waals surface area contributed by atoms with Gasteiger partial charge in [0.05, 0.1) is 6.54 Å². The summed E-state index contributed by atoms with van der Waals surface area (Å²) in [6.07, 6.45) is 0.885. The number of primary amides is 1. The van der Waals surface area contributed by atoms with Crippen LogP contribution >= 0.6 is 0 Å². The highest BCUT2D eigenvalue weighted by Gasteiger charge is 2.08. The number of anilines is 1. The van der Waals surface area contributed by atoms with Crippen molar-refractivity contribution >= 4 is 11.6 Å². The lowest BCUT2D eigenvalue weighted by Crippen LogP contribution is -2.13. The Hall–Kier alpha value is -2.23.